The first-order valence-corrected chi connectivity index (χ1v) is 10.1. The standard InChI is InChI=1S/C20H20N4O3S/c25-18(23-17-10-11-21-24(17)15-8-4-5-9-15)12-27-20(26)16-13-28-19(22-16)14-6-2-1-3-7-14/h1-3,6-7,10-11,13,15H,4-5,8-9,12H2,(H,23,25). The van der Waals surface area contributed by atoms with E-state index in [0.717, 1.165) is 23.4 Å². The lowest BCUT2D eigenvalue weighted by Crippen LogP contribution is -2.23. The van der Waals surface area contributed by atoms with Gasteiger partial charge in [-0.25, -0.2) is 14.5 Å². The highest BCUT2D eigenvalue weighted by atomic mass is 32.1. The van der Waals surface area contributed by atoms with Crippen molar-refractivity contribution in [1.82, 2.24) is 14.8 Å². The molecule has 0 aliphatic heterocycles. The van der Waals surface area contributed by atoms with E-state index in [-0.39, 0.29) is 12.3 Å². The van der Waals surface area contributed by atoms with Crippen LogP contribution in [0.1, 0.15) is 42.2 Å². The van der Waals surface area contributed by atoms with Gasteiger partial charge in [0.05, 0.1) is 12.2 Å². The number of nitrogens with zero attached hydrogens (tertiary/aromatic N) is 3. The summed E-state index contributed by atoms with van der Waals surface area (Å²) in [4.78, 5) is 28.7. The fourth-order valence-electron chi connectivity index (χ4n) is 3.32. The molecule has 0 unspecified atom stereocenters. The fraction of sp³-hybridized carbons (Fsp3) is 0.300. The topological polar surface area (TPSA) is 86.1 Å². The Morgan fingerprint density at radius 2 is 1.96 bits per heavy atom. The maximum absolute atomic E-state index is 12.2. The zero-order valence-corrected chi connectivity index (χ0v) is 16.0. The monoisotopic (exact) mass is 396 g/mol. The van der Waals surface area contributed by atoms with Gasteiger partial charge in [0.25, 0.3) is 5.91 Å². The molecule has 1 amide bonds. The van der Waals surface area contributed by atoms with Crippen molar-refractivity contribution in [2.24, 2.45) is 0 Å². The highest BCUT2D eigenvalue weighted by Gasteiger charge is 2.21. The van der Waals surface area contributed by atoms with Crippen LogP contribution >= 0.6 is 11.3 Å². The molecule has 0 atom stereocenters. The van der Waals surface area contributed by atoms with E-state index in [2.05, 4.69) is 15.4 Å². The van der Waals surface area contributed by atoms with E-state index in [0.29, 0.717) is 11.9 Å². The molecule has 4 rings (SSSR count). The Morgan fingerprint density at radius 1 is 1.18 bits per heavy atom. The molecule has 3 aromatic rings. The van der Waals surface area contributed by atoms with Crippen molar-refractivity contribution >= 4 is 29.0 Å². The van der Waals surface area contributed by atoms with Crippen LogP contribution in [0.4, 0.5) is 5.82 Å². The average molecular weight is 396 g/mol. The third-order valence-corrected chi connectivity index (χ3v) is 5.57. The number of benzene rings is 1. The summed E-state index contributed by atoms with van der Waals surface area (Å²) in [6.07, 6.45) is 6.14. The number of thiazole rings is 1. The molecule has 0 spiro atoms. The van der Waals surface area contributed by atoms with Gasteiger partial charge in [0.15, 0.2) is 12.3 Å². The largest absolute Gasteiger partial charge is 0.451 e. The molecule has 0 saturated heterocycles. The van der Waals surface area contributed by atoms with Gasteiger partial charge in [-0.3, -0.25) is 4.79 Å². The van der Waals surface area contributed by atoms with Gasteiger partial charge >= 0.3 is 5.97 Å². The van der Waals surface area contributed by atoms with Gasteiger partial charge in [-0.1, -0.05) is 43.2 Å². The highest BCUT2D eigenvalue weighted by molar-refractivity contribution is 7.13. The van der Waals surface area contributed by atoms with Crippen molar-refractivity contribution in [3.8, 4) is 10.6 Å². The van der Waals surface area contributed by atoms with Crippen LogP contribution in [0.25, 0.3) is 10.6 Å². The molecule has 1 aliphatic carbocycles. The first kappa shape index (κ1) is 18.4. The summed E-state index contributed by atoms with van der Waals surface area (Å²) in [5, 5.41) is 9.45. The number of nitrogens with one attached hydrogen (secondary N) is 1. The highest BCUT2D eigenvalue weighted by Crippen LogP contribution is 2.31. The number of anilines is 1. The summed E-state index contributed by atoms with van der Waals surface area (Å²) in [5.74, 6) is -0.377. The Kier molecular flexibility index (Phi) is 5.48. The van der Waals surface area contributed by atoms with Gasteiger partial charge in [0.2, 0.25) is 0 Å². The van der Waals surface area contributed by atoms with Crippen LogP contribution in [0.3, 0.4) is 0 Å². The number of ether oxygens (including phenoxy) is 1. The first-order valence-electron chi connectivity index (χ1n) is 9.22. The summed E-state index contributed by atoms with van der Waals surface area (Å²) < 4.78 is 6.96. The van der Waals surface area contributed by atoms with E-state index in [4.69, 9.17) is 4.74 Å². The lowest BCUT2D eigenvalue weighted by atomic mass is 10.2. The zero-order chi connectivity index (χ0) is 19.3. The van der Waals surface area contributed by atoms with Gasteiger partial charge in [-0.2, -0.15) is 5.10 Å². The van der Waals surface area contributed by atoms with Crippen LogP contribution < -0.4 is 5.32 Å². The minimum atomic E-state index is -0.613. The number of hydrogen-bond donors (Lipinski definition) is 1. The molecule has 2 heterocycles. The number of rotatable bonds is 6. The third kappa shape index (κ3) is 4.12. The molecule has 1 N–H and O–H groups in total. The van der Waals surface area contributed by atoms with Crippen LogP contribution in [-0.4, -0.2) is 33.2 Å². The quantitative estimate of drug-likeness (QED) is 0.638. The predicted molar refractivity (Wildman–Crippen MR) is 106 cm³/mol. The lowest BCUT2D eigenvalue weighted by Gasteiger charge is -2.14. The summed E-state index contributed by atoms with van der Waals surface area (Å²) in [6, 6.07) is 11.7. The van der Waals surface area contributed by atoms with Crippen LogP contribution in [0.5, 0.6) is 0 Å². The smallest absolute Gasteiger partial charge is 0.358 e. The second-order valence-corrected chi connectivity index (χ2v) is 7.49. The number of hydrogen-bond acceptors (Lipinski definition) is 6. The average Bonchev–Trinajstić information content (AvgIpc) is 3.47. The lowest BCUT2D eigenvalue weighted by molar-refractivity contribution is -0.119. The fourth-order valence-corrected chi connectivity index (χ4v) is 4.11. The molecule has 144 valence electrons. The first-order chi connectivity index (χ1) is 13.7. The van der Waals surface area contributed by atoms with E-state index in [1.54, 1.807) is 17.6 Å². The van der Waals surface area contributed by atoms with Crippen molar-refractivity contribution in [1.29, 1.82) is 0 Å². The maximum Gasteiger partial charge on any atom is 0.358 e. The Balaban J connectivity index is 1.32. The predicted octanol–water partition coefficient (Wildman–Crippen LogP) is 3.92. The minimum absolute atomic E-state index is 0.202. The van der Waals surface area contributed by atoms with E-state index in [9.17, 15) is 9.59 Å². The van der Waals surface area contributed by atoms with E-state index in [1.165, 1.54) is 24.2 Å². The van der Waals surface area contributed by atoms with E-state index < -0.39 is 11.9 Å². The third-order valence-electron chi connectivity index (χ3n) is 4.68. The van der Waals surface area contributed by atoms with Crippen molar-refractivity contribution in [2.45, 2.75) is 31.7 Å². The number of carbonyl (C=O) groups is 2. The van der Waals surface area contributed by atoms with Crippen LogP contribution in [-0.2, 0) is 9.53 Å². The maximum atomic E-state index is 12.2. The minimum Gasteiger partial charge on any atom is -0.451 e. The van der Waals surface area contributed by atoms with Crippen molar-refractivity contribution in [2.75, 3.05) is 11.9 Å². The summed E-state index contributed by atoms with van der Waals surface area (Å²) in [7, 11) is 0. The molecule has 7 nitrogen and oxygen atoms in total. The molecule has 28 heavy (non-hydrogen) atoms. The Labute approximate surface area is 166 Å². The Hall–Kier alpha value is -3.00. The van der Waals surface area contributed by atoms with E-state index >= 15 is 0 Å². The van der Waals surface area contributed by atoms with Gasteiger partial charge in [0.1, 0.15) is 10.8 Å². The molecule has 0 radical (unpaired) electrons. The van der Waals surface area contributed by atoms with Gasteiger partial charge in [0, 0.05) is 17.0 Å². The molecule has 1 aliphatic rings. The second kappa shape index (κ2) is 8.35. The molecule has 0 bridgehead atoms. The number of carbonyl (C=O) groups excluding carboxylic acids is 2. The molecular formula is C20H20N4O3S. The zero-order valence-electron chi connectivity index (χ0n) is 15.2. The summed E-state index contributed by atoms with van der Waals surface area (Å²) >= 11 is 1.36. The van der Waals surface area contributed by atoms with Gasteiger partial charge in [-0.05, 0) is 12.8 Å². The van der Waals surface area contributed by atoms with Crippen molar-refractivity contribution in [3.63, 3.8) is 0 Å². The van der Waals surface area contributed by atoms with Crippen LogP contribution in [0.15, 0.2) is 48.0 Å². The van der Waals surface area contributed by atoms with Crippen LogP contribution in [0, 0.1) is 0 Å². The Bertz CT molecular complexity index is 961. The summed E-state index contributed by atoms with van der Waals surface area (Å²) in [5.41, 5.74) is 1.14. The molecule has 8 heteroatoms. The van der Waals surface area contributed by atoms with Crippen LogP contribution in [0.2, 0.25) is 0 Å². The Morgan fingerprint density at radius 3 is 2.75 bits per heavy atom. The van der Waals surface area contributed by atoms with E-state index in [1.807, 2.05) is 35.0 Å². The van der Waals surface area contributed by atoms with Gasteiger partial charge < -0.3 is 10.1 Å². The molecule has 1 saturated carbocycles. The number of esters is 1. The molecule has 1 aromatic carbocycles. The van der Waals surface area contributed by atoms with Crippen molar-refractivity contribution in [3.05, 3.63) is 53.7 Å². The molecular weight excluding hydrogens is 376 g/mol. The van der Waals surface area contributed by atoms with Gasteiger partial charge in [-0.15, -0.1) is 11.3 Å². The molecule has 2 aromatic heterocycles. The number of amides is 1. The second-order valence-electron chi connectivity index (χ2n) is 6.63. The summed E-state index contributed by atoms with van der Waals surface area (Å²) in [6.45, 7) is -0.368. The molecule has 1 fully saturated rings. The SMILES string of the molecule is O=C(COC(=O)c1csc(-c2ccccc2)n1)Nc1ccnn1C1CCCC1. The number of aromatic nitrogens is 3. The van der Waals surface area contributed by atoms with Crippen molar-refractivity contribution < 1.29 is 14.3 Å². The normalized spacial score (nSPS) is 14.1.